The lowest BCUT2D eigenvalue weighted by Crippen LogP contribution is -2.15. The topological polar surface area (TPSA) is 54.9 Å². The van der Waals surface area contributed by atoms with E-state index in [0.717, 1.165) is 57.2 Å². The van der Waals surface area contributed by atoms with Crippen LogP contribution >= 0.6 is 11.3 Å². The second-order valence-electron chi connectivity index (χ2n) is 6.22. The highest BCUT2D eigenvalue weighted by atomic mass is 32.1. The Morgan fingerprint density at radius 1 is 0.960 bits per heavy atom. The molecule has 5 heteroatoms. The molecule has 0 saturated heterocycles. The van der Waals surface area contributed by atoms with Gasteiger partial charge in [-0.05, 0) is 43.0 Å². The Balaban J connectivity index is 1.61. The number of carbonyl (C=O) groups is 1. The van der Waals surface area contributed by atoms with Crippen molar-refractivity contribution >= 4 is 43.5 Å². The van der Waals surface area contributed by atoms with E-state index in [1.165, 1.54) is 11.3 Å². The third-order valence-electron chi connectivity index (χ3n) is 4.66. The molecule has 2 aromatic heterocycles. The normalized spacial score (nSPS) is 13.3. The summed E-state index contributed by atoms with van der Waals surface area (Å²) in [7, 11) is 0. The molecule has 0 atom stereocenters. The first-order valence-electron chi connectivity index (χ1n) is 8.37. The van der Waals surface area contributed by atoms with Crippen molar-refractivity contribution in [3.05, 3.63) is 65.4 Å². The number of pyridine rings is 1. The quantitative estimate of drug-likeness (QED) is 0.578. The highest BCUT2D eigenvalue weighted by Gasteiger charge is 2.24. The fraction of sp³-hybridized carbons (Fsp3) is 0.150. The zero-order chi connectivity index (χ0) is 16.8. The molecule has 25 heavy (non-hydrogen) atoms. The minimum atomic E-state index is -0.0872. The molecule has 0 radical (unpaired) electrons. The van der Waals surface area contributed by atoms with Gasteiger partial charge in [-0.25, -0.2) is 4.98 Å². The first kappa shape index (κ1) is 14.5. The van der Waals surface area contributed by atoms with Gasteiger partial charge in [0.2, 0.25) is 0 Å². The largest absolute Gasteiger partial charge is 0.298 e. The maximum atomic E-state index is 13.1. The molecule has 4 aromatic rings. The van der Waals surface area contributed by atoms with E-state index in [2.05, 4.69) is 10.3 Å². The Labute approximate surface area is 148 Å². The highest BCUT2D eigenvalue weighted by molar-refractivity contribution is 7.22. The van der Waals surface area contributed by atoms with Crippen LogP contribution in [0.15, 0.2) is 48.5 Å². The van der Waals surface area contributed by atoms with Crippen molar-refractivity contribution in [3.8, 4) is 0 Å². The Hall–Kier alpha value is -2.79. The van der Waals surface area contributed by atoms with Crippen LogP contribution in [0.2, 0.25) is 0 Å². The van der Waals surface area contributed by atoms with Crippen LogP contribution in [-0.4, -0.2) is 15.9 Å². The van der Waals surface area contributed by atoms with Crippen molar-refractivity contribution in [2.45, 2.75) is 19.3 Å². The van der Waals surface area contributed by atoms with Crippen LogP contribution in [0.3, 0.4) is 0 Å². The minimum absolute atomic E-state index is 0.0872. The second kappa shape index (κ2) is 5.63. The smallest absolute Gasteiger partial charge is 0.258 e. The van der Waals surface area contributed by atoms with E-state index in [9.17, 15) is 4.79 Å². The maximum Gasteiger partial charge on any atom is 0.258 e. The molecule has 2 aromatic carbocycles. The number of fused-ring (bicyclic) bond motifs is 3. The summed E-state index contributed by atoms with van der Waals surface area (Å²) >= 11 is 1.50. The van der Waals surface area contributed by atoms with Gasteiger partial charge < -0.3 is 0 Å². The number of benzene rings is 2. The van der Waals surface area contributed by atoms with Gasteiger partial charge in [0.1, 0.15) is 0 Å². The average Bonchev–Trinajstić information content (AvgIpc) is 3.24. The molecule has 4 nitrogen and oxygen atoms in total. The summed E-state index contributed by atoms with van der Waals surface area (Å²) in [6, 6.07) is 15.8. The third-order valence-corrected chi connectivity index (χ3v) is 5.61. The SMILES string of the molecule is O=C(Nc1nc2ccccc2s1)c1c2c(nc3ccccc13)CCC2. The summed E-state index contributed by atoms with van der Waals surface area (Å²) in [5.74, 6) is -0.0872. The number of aryl methyl sites for hydroxylation is 1. The number of carbonyl (C=O) groups excluding carboxylic acids is 1. The van der Waals surface area contributed by atoms with Crippen molar-refractivity contribution in [1.82, 2.24) is 9.97 Å². The van der Waals surface area contributed by atoms with Gasteiger partial charge in [0.25, 0.3) is 5.91 Å². The van der Waals surface area contributed by atoms with Crippen LogP contribution in [0, 0.1) is 0 Å². The number of para-hydroxylation sites is 2. The lowest BCUT2D eigenvalue weighted by atomic mass is 10.0. The molecule has 1 N–H and O–H groups in total. The van der Waals surface area contributed by atoms with E-state index in [1.807, 2.05) is 48.5 Å². The molecule has 1 aliphatic carbocycles. The van der Waals surface area contributed by atoms with Crippen LogP contribution in [0.4, 0.5) is 5.13 Å². The molecule has 0 saturated carbocycles. The van der Waals surface area contributed by atoms with E-state index in [1.54, 1.807) is 0 Å². The first-order chi connectivity index (χ1) is 12.3. The number of hydrogen-bond acceptors (Lipinski definition) is 4. The van der Waals surface area contributed by atoms with Gasteiger partial charge in [-0.3, -0.25) is 15.1 Å². The molecule has 122 valence electrons. The van der Waals surface area contributed by atoms with E-state index in [-0.39, 0.29) is 5.91 Å². The molecule has 0 bridgehead atoms. The van der Waals surface area contributed by atoms with Gasteiger partial charge in [0.15, 0.2) is 5.13 Å². The summed E-state index contributed by atoms with van der Waals surface area (Å²) < 4.78 is 1.07. The Bertz CT molecular complexity index is 1100. The standard InChI is InChI=1S/C20H15N3OS/c24-19(23-20-22-16-9-3-4-11-17(16)25-20)18-12-6-1-2-8-14(12)21-15-10-5-7-13(15)18/h1-4,6,8-9,11H,5,7,10H2,(H,22,23,24). The highest BCUT2D eigenvalue weighted by Crippen LogP contribution is 2.31. The number of thiazole rings is 1. The van der Waals surface area contributed by atoms with E-state index in [0.29, 0.717) is 5.13 Å². The molecule has 0 spiro atoms. The number of anilines is 1. The average molecular weight is 345 g/mol. The molecule has 0 fully saturated rings. The first-order valence-corrected chi connectivity index (χ1v) is 9.19. The maximum absolute atomic E-state index is 13.1. The Morgan fingerprint density at radius 2 is 1.76 bits per heavy atom. The van der Waals surface area contributed by atoms with Crippen molar-refractivity contribution < 1.29 is 4.79 Å². The van der Waals surface area contributed by atoms with Crippen molar-refractivity contribution in [2.75, 3.05) is 5.32 Å². The Morgan fingerprint density at radius 3 is 2.64 bits per heavy atom. The van der Waals surface area contributed by atoms with Crippen LogP contribution in [-0.2, 0) is 12.8 Å². The molecule has 0 aliphatic heterocycles. The van der Waals surface area contributed by atoms with Gasteiger partial charge >= 0.3 is 0 Å². The monoisotopic (exact) mass is 345 g/mol. The second-order valence-corrected chi connectivity index (χ2v) is 7.25. The lowest BCUT2D eigenvalue weighted by molar-refractivity contribution is 0.102. The zero-order valence-electron chi connectivity index (χ0n) is 13.5. The summed E-state index contributed by atoms with van der Waals surface area (Å²) in [6.07, 6.45) is 2.91. The molecular formula is C20H15N3OS. The van der Waals surface area contributed by atoms with Crippen LogP contribution in [0.25, 0.3) is 21.1 Å². The van der Waals surface area contributed by atoms with Crippen LogP contribution in [0.1, 0.15) is 28.0 Å². The summed E-state index contributed by atoms with van der Waals surface area (Å²) in [5.41, 5.74) is 4.72. The van der Waals surface area contributed by atoms with Gasteiger partial charge in [0.05, 0.1) is 21.3 Å². The fourth-order valence-corrected chi connectivity index (χ4v) is 4.42. The Kier molecular flexibility index (Phi) is 3.28. The molecule has 0 unspecified atom stereocenters. The van der Waals surface area contributed by atoms with Crippen LogP contribution < -0.4 is 5.32 Å². The van der Waals surface area contributed by atoms with Crippen molar-refractivity contribution in [3.63, 3.8) is 0 Å². The van der Waals surface area contributed by atoms with Gasteiger partial charge in [-0.15, -0.1) is 0 Å². The van der Waals surface area contributed by atoms with Gasteiger partial charge in [0, 0.05) is 11.1 Å². The number of rotatable bonds is 2. The number of nitrogens with one attached hydrogen (secondary N) is 1. The van der Waals surface area contributed by atoms with Crippen LogP contribution in [0.5, 0.6) is 0 Å². The van der Waals surface area contributed by atoms with E-state index in [4.69, 9.17) is 4.98 Å². The molecule has 1 amide bonds. The summed E-state index contributed by atoms with van der Waals surface area (Å²) in [5, 5.41) is 4.57. The van der Waals surface area contributed by atoms with Crippen molar-refractivity contribution in [2.24, 2.45) is 0 Å². The number of aromatic nitrogens is 2. The summed E-state index contributed by atoms with van der Waals surface area (Å²) in [6.45, 7) is 0. The van der Waals surface area contributed by atoms with E-state index >= 15 is 0 Å². The molecule has 2 heterocycles. The predicted octanol–water partition coefficient (Wildman–Crippen LogP) is 4.59. The number of amides is 1. The zero-order valence-corrected chi connectivity index (χ0v) is 14.3. The van der Waals surface area contributed by atoms with Gasteiger partial charge in [-0.1, -0.05) is 41.7 Å². The summed E-state index contributed by atoms with van der Waals surface area (Å²) in [4.78, 5) is 22.4. The number of nitrogens with zero attached hydrogens (tertiary/aromatic N) is 2. The molecule has 1 aliphatic rings. The minimum Gasteiger partial charge on any atom is -0.298 e. The van der Waals surface area contributed by atoms with Crippen molar-refractivity contribution in [1.29, 1.82) is 0 Å². The lowest BCUT2D eigenvalue weighted by Gasteiger charge is -2.11. The third kappa shape index (κ3) is 2.39. The number of hydrogen-bond donors (Lipinski definition) is 1. The molecule has 5 rings (SSSR count). The van der Waals surface area contributed by atoms with E-state index < -0.39 is 0 Å². The predicted molar refractivity (Wildman–Crippen MR) is 101 cm³/mol. The van der Waals surface area contributed by atoms with Gasteiger partial charge in [-0.2, -0.15) is 0 Å². The molecular weight excluding hydrogens is 330 g/mol. The fourth-order valence-electron chi connectivity index (χ4n) is 3.56.